The normalized spacial score (nSPS) is 22.0. The lowest BCUT2D eigenvalue weighted by Crippen LogP contribution is -2.48. The molecule has 5 nitrogen and oxygen atoms in total. The lowest BCUT2D eigenvalue weighted by molar-refractivity contribution is -0.123. The maximum atomic E-state index is 12.7. The minimum Gasteiger partial charge on any atom is -0.496 e. The number of rotatable bonds is 3. The fourth-order valence-electron chi connectivity index (χ4n) is 2.62. The molecule has 1 aliphatic heterocycles. The highest BCUT2D eigenvalue weighted by atomic mass is 79.9. The number of primary amides is 1. The minimum absolute atomic E-state index is 0.0847. The van der Waals surface area contributed by atoms with E-state index in [0.29, 0.717) is 17.9 Å². The van der Waals surface area contributed by atoms with Crippen LogP contribution in [0.3, 0.4) is 0 Å². The molecule has 0 bridgehead atoms. The van der Waals surface area contributed by atoms with E-state index in [2.05, 4.69) is 15.9 Å². The lowest BCUT2D eigenvalue weighted by atomic mass is 9.92. The molecule has 1 aromatic carbocycles. The highest BCUT2D eigenvalue weighted by molar-refractivity contribution is 9.10. The number of nitrogens with two attached hydrogens (primary N) is 1. The van der Waals surface area contributed by atoms with Gasteiger partial charge in [-0.05, 0) is 38.0 Å². The zero-order valence-electron chi connectivity index (χ0n) is 12.1. The second kappa shape index (κ2) is 6.47. The molecule has 2 rings (SSSR count). The molecule has 2 amide bonds. The molecule has 2 unspecified atom stereocenters. The van der Waals surface area contributed by atoms with Crippen molar-refractivity contribution in [2.45, 2.75) is 25.8 Å². The van der Waals surface area contributed by atoms with E-state index in [1.807, 2.05) is 6.92 Å². The van der Waals surface area contributed by atoms with Crippen molar-refractivity contribution in [3.63, 3.8) is 0 Å². The van der Waals surface area contributed by atoms with Gasteiger partial charge in [0.05, 0.1) is 18.6 Å². The first kappa shape index (κ1) is 15.8. The third-order valence-corrected chi connectivity index (χ3v) is 4.43. The van der Waals surface area contributed by atoms with E-state index >= 15 is 0 Å². The molecule has 0 aromatic heterocycles. The van der Waals surface area contributed by atoms with Crippen LogP contribution in [0.1, 0.15) is 30.1 Å². The number of halogens is 1. The van der Waals surface area contributed by atoms with E-state index in [0.717, 1.165) is 17.3 Å². The quantitative estimate of drug-likeness (QED) is 0.903. The van der Waals surface area contributed by atoms with Gasteiger partial charge in [-0.25, -0.2) is 0 Å². The predicted molar refractivity (Wildman–Crippen MR) is 83.1 cm³/mol. The van der Waals surface area contributed by atoms with E-state index in [1.54, 1.807) is 23.1 Å². The molecule has 0 spiro atoms. The van der Waals surface area contributed by atoms with Crippen LogP contribution in [0.25, 0.3) is 0 Å². The van der Waals surface area contributed by atoms with Gasteiger partial charge in [0.25, 0.3) is 5.91 Å². The van der Waals surface area contributed by atoms with E-state index in [9.17, 15) is 9.59 Å². The van der Waals surface area contributed by atoms with Gasteiger partial charge < -0.3 is 15.4 Å². The molecular formula is C15H19BrN2O3. The minimum atomic E-state index is -0.345. The van der Waals surface area contributed by atoms with E-state index in [-0.39, 0.29) is 23.8 Å². The average molecular weight is 355 g/mol. The number of hydrogen-bond acceptors (Lipinski definition) is 3. The molecule has 1 aromatic rings. The summed E-state index contributed by atoms with van der Waals surface area (Å²) in [4.78, 5) is 25.8. The summed E-state index contributed by atoms with van der Waals surface area (Å²) in [6, 6.07) is 5.37. The Labute approximate surface area is 132 Å². The fraction of sp³-hybridized carbons (Fsp3) is 0.467. The fourth-order valence-corrected chi connectivity index (χ4v) is 2.96. The summed E-state index contributed by atoms with van der Waals surface area (Å²) in [5.74, 6) is -0.227. The monoisotopic (exact) mass is 354 g/mol. The molecule has 0 aliphatic carbocycles. The number of likely N-dealkylation sites (tertiary alicyclic amines) is 1. The van der Waals surface area contributed by atoms with Crippen LogP contribution >= 0.6 is 15.9 Å². The van der Waals surface area contributed by atoms with Crippen LogP contribution in [0.4, 0.5) is 0 Å². The number of carbonyl (C=O) groups excluding carboxylic acids is 2. The van der Waals surface area contributed by atoms with Crippen LogP contribution in [0.2, 0.25) is 0 Å². The standard InChI is InChI=1S/C15H19BrN2O3/c1-9-3-4-10(14(17)19)8-18(9)15(20)12-6-5-11(16)7-13(12)21-2/h5-7,9-10H,3-4,8H2,1-2H3,(H2,17,19). The van der Waals surface area contributed by atoms with Gasteiger partial charge in [-0.1, -0.05) is 15.9 Å². The summed E-state index contributed by atoms with van der Waals surface area (Å²) in [5, 5.41) is 0. The summed E-state index contributed by atoms with van der Waals surface area (Å²) in [7, 11) is 1.53. The first-order chi connectivity index (χ1) is 9.93. The molecule has 114 valence electrons. The highest BCUT2D eigenvalue weighted by Gasteiger charge is 2.33. The first-order valence-electron chi connectivity index (χ1n) is 6.88. The van der Waals surface area contributed by atoms with Gasteiger partial charge in [-0.2, -0.15) is 0 Å². The molecule has 0 radical (unpaired) electrons. The topological polar surface area (TPSA) is 72.6 Å². The Hall–Kier alpha value is -1.56. The van der Waals surface area contributed by atoms with Crippen molar-refractivity contribution in [1.82, 2.24) is 4.90 Å². The molecule has 21 heavy (non-hydrogen) atoms. The highest BCUT2D eigenvalue weighted by Crippen LogP contribution is 2.28. The largest absolute Gasteiger partial charge is 0.496 e. The number of nitrogens with zero attached hydrogens (tertiary/aromatic N) is 1. The number of carbonyl (C=O) groups is 2. The Bertz CT molecular complexity index is 562. The lowest BCUT2D eigenvalue weighted by Gasteiger charge is -2.37. The Morgan fingerprint density at radius 3 is 2.71 bits per heavy atom. The molecule has 1 heterocycles. The molecule has 6 heteroatoms. The third-order valence-electron chi connectivity index (χ3n) is 3.94. The van der Waals surface area contributed by atoms with Gasteiger partial charge in [0.15, 0.2) is 0 Å². The molecular weight excluding hydrogens is 336 g/mol. The Kier molecular flexibility index (Phi) is 4.88. The zero-order valence-corrected chi connectivity index (χ0v) is 13.7. The Balaban J connectivity index is 2.27. The van der Waals surface area contributed by atoms with Crippen LogP contribution in [0.5, 0.6) is 5.75 Å². The van der Waals surface area contributed by atoms with Crippen molar-refractivity contribution in [2.24, 2.45) is 11.7 Å². The smallest absolute Gasteiger partial charge is 0.257 e. The third kappa shape index (κ3) is 3.37. The van der Waals surface area contributed by atoms with Gasteiger partial charge >= 0.3 is 0 Å². The number of amides is 2. The summed E-state index contributed by atoms with van der Waals surface area (Å²) in [5.41, 5.74) is 5.88. The van der Waals surface area contributed by atoms with Gasteiger partial charge in [-0.15, -0.1) is 0 Å². The molecule has 1 fully saturated rings. The number of piperidine rings is 1. The van der Waals surface area contributed by atoms with Crippen LogP contribution < -0.4 is 10.5 Å². The second-order valence-corrected chi connectivity index (χ2v) is 6.24. The summed E-state index contributed by atoms with van der Waals surface area (Å²) < 4.78 is 6.12. The van der Waals surface area contributed by atoms with Crippen LogP contribution in [0.15, 0.2) is 22.7 Å². The SMILES string of the molecule is COc1cc(Br)ccc1C(=O)N1CC(C(N)=O)CCC1C. The maximum absolute atomic E-state index is 12.7. The van der Waals surface area contributed by atoms with E-state index < -0.39 is 0 Å². The van der Waals surface area contributed by atoms with Crippen molar-refractivity contribution in [3.8, 4) is 5.75 Å². The molecule has 1 saturated heterocycles. The van der Waals surface area contributed by atoms with Gasteiger partial charge in [0.2, 0.25) is 5.91 Å². The molecule has 2 atom stereocenters. The predicted octanol–water partition coefficient (Wildman–Crippen LogP) is 2.18. The number of hydrogen-bond donors (Lipinski definition) is 1. The van der Waals surface area contributed by atoms with Crippen LogP contribution in [-0.4, -0.2) is 36.4 Å². The van der Waals surface area contributed by atoms with Crippen molar-refractivity contribution >= 4 is 27.7 Å². The van der Waals surface area contributed by atoms with Crippen molar-refractivity contribution in [2.75, 3.05) is 13.7 Å². The number of ether oxygens (including phenoxy) is 1. The average Bonchev–Trinajstić information content (AvgIpc) is 2.46. The zero-order chi connectivity index (χ0) is 15.6. The molecule has 0 saturated carbocycles. The van der Waals surface area contributed by atoms with Crippen LogP contribution in [-0.2, 0) is 4.79 Å². The van der Waals surface area contributed by atoms with Crippen LogP contribution in [0, 0.1) is 5.92 Å². The van der Waals surface area contributed by atoms with Gasteiger partial charge in [0, 0.05) is 17.1 Å². The number of methoxy groups -OCH3 is 1. The second-order valence-electron chi connectivity index (χ2n) is 5.33. The maximum Gasteiger partial charge on any atom is 0.257 e. The summed E-state index contributed by atoms with van der Waals surface area (Å²) in [6.07, 6.45) is 1.51. The van der Waals surface area contributed by atoms with Crippen molar-refractivity contribution in [3.05, 3.63) is 28.2 Å². The van der Waals surface area contributed by atoms with Gasteiger partial charge in [-0.3, -0.25) is 9.59 Å². The summed E-state index contributed by atoms with van der Waals surface area (Å²) >= 11 is 3.36. The number of benzene rings is 1. The van der Waals surface area contributed by atoms with Gasteiger partial charge in [0.1, 0.15) is 5.75 Å². The van der Waals surface area contributed by atoms with E-state index in [1.165, 1.54) is 7.11 Å². The van der Waals surface area contributed by atoms with Crippen molar-refractivity contribution < 1.29 is 14.3 Å². The molecule has 2 N–H and O–H groups in total. The Morgan fingerprint density at radius 2 is 2.10 bits per heavy atom. The summed E-state index contributed by atoms with van der Waals surface area (Å²) in [6.45, 7) is 2.36. The Morgan fingerprint density at radius 1 is 1.38 bits per heavy atom. The first-order valence-corrected chi connectivity index (χ1v) is 7.67. The van der Waals surface area contributed by atoms with E-state index in [4.69, 9.17) is 10.5 Å². The van der Waals surface area contributed by atoms with Crippen molar-refractivity contribution in [1.29, 1.82) is 0 Å². The molecule has 1 aliphatic rings.